The Hall–Kier alpha value is -2.91. The van der Waals surface area contributed by atoms with E-state index < -0.39 is 65.8 Å². The normalized spacial score (nSPS) is 15.2. The summed E-state index contributed by atoms with van der Waals surface area (Å²) in [6.07, 6.45) is -0.394. The van der Waals surface area contributed by atoms with Gasteiger partial charge in [0.25, 0.3) is 0 Å². The Morgan fingerprint density at radius 2 is 1.32 bits per heavy atom. The van der Waals surface area contributed by atoms with Crippen LogP contribution in [0.2, 0.25) is 0 Å². The highest BCUT2D eigenvalue weighted by molar-refractivity contribution is 7.98. The molecule has 0 aromatic heterocycles. The monoisotopic (exact) mass is 506 g/mol. The van der Waals surface area contributed by atoms with E-state index in [1.807, 2.05) is 6.26 Å². The molecule has 0 aliphatic heterocycles. The van der Waals surface area contributed by atoms with Gasteiger partial charge >= 0.3 is 5.97 Å². The Morgan fingerprint density at radius 1 is 0.824 bits per heavy atom. The Kier molecular flexibility index (Phi) is 14.5. The van der Waals surface area contributed by atoms with Gasteiger partial charge in [0.1, 0.15) is 18.1 Å². The summed E-state index contributed by atoms with van der Waals surface area (Å²) in [5, 5.41) is 26.0. The molecule has 0 aliphatic rings. The predicted molar refractivity (Wildman–Crippen MR) is 123 cm³/mol. The van der Waals surface area contributed by atoms with E-state index in [9.17, 15) is 39.0 Å². The zero-order valence-corrected chi connectivity index (χ0v) is 19.9. The van der Waals surface area contributed by atoms with Crippen LogP contribution >= 0.6 is 11.8 Å². The fraction of sp³-hybridized carbons (Fsp3) is 0.684. The molecule has 194 valence electrons. The second kappa shape index (κ2) is 15.8. The molecule has 0 saturated carbocycles. The third kappa shape index (κ3) is 12.4. The second-order valence-corrected chi connectivity index (χ2v) is 8.57. The molecule has 15 heteroatoms. The van der Waals surface area contributed by atoms with Gasteiger partial charge in [-0.25, -0.2) is 4.79 Å². The Balaban J connectivity index is 5.44. The van der Waals surface area contributed by atoms with Gasteiger partial charge in [0.2, 0.25) is 29.5 Å². The van der Waals surface area contributed by atoms with Gasteiger partial charge in [0.15, 0.2) is 0 Å². The minimum Gasteiger partial charge on any atom is -0.480 e. The highest BCUT2D eigenvalue weighted by Crippen LogP contribution is 2.05. The molecule has 0 saturated heterocycles. The molecule has 0 aromatic rings. The fourth-order valence-electron chi connectivity index (χ4n) is 2.67. The zero-order valence-electron chi connectivity index (χ0n) is 19.1. The number of amides is 5. The maximum absolute atomic E-state index is 12.8. The number of carboxylic acid groups (broad SMARTS) is 1. The van der Waals surface area contributed by atoms with E-state index in [0.717, 1.165) is 0 Å². The number of thioether (sulfide) groups is 1. The van der Waals surface area contributed by atoms with Crippen molar-refractivity contribution in [1.82, 2.24) is 16.0 Å². The number of carboxylic acids is 1. The molecule has 0 bridgehead atoms. The number of primary amides is 2. The van der Waals surface area contributed by atoms with Crippen molar-refractivity contribution in [3.63, 3.8) is 0 Å². The Bertz CT molecular complexity index is 750. The molecule has 11 N–H and O–H groups in total. The van der Waals surface area contributed by atoms with Gasteiger partial charge in [0, 0.05) is 12.8 Å². The van der Waals surface area contributed by atoms with Crippen LogP contribution in [-0.4, -0.2) is 88.0 Å². The molecule has 0 spiro atoms. The minimum absolute atomic E-state index is 0.202. The SMILES string of the molecule is CSCCC(N)C(=O)NC(CCC(N)=O)C(=O)NC(C(=O)NC(CCC(N)=O)C(=O)O)C(C)O. The van der Waals surface area contributed by atoms with Gasteiger partial charge in [-0.3, -0.25) is 24.0 Å². The van der Waals surface area contributed by atoms with Crippen LogP contribution in [0.1, 0.15) is 39.0 Å². The first-order chi connectivity index (χ1) is 15.8. The number of hydrogen-bond donors (Lipinski definition) is 8. The van der Waals surface area contributed by atoms with Crippen molar-refractivity contribution in [2.45, 2.75) is 69.3 Å². The summed E-state index contributed by atoms with van der Waals surface area (Å²) in [7, 11) is 0. The number of rotatable bonds is 17. The summed E-state index contributed by atoms with van der Waals surface area (Å²) in [6.45, 7) is 1.18. The van der Waals surface area contributed by atoms with Gasteiger partial charge in [-0.15, -0.1) is 0 Å². The molecule has 0 rings (SSSR count). The van der Waals surface area contributed by atoms with E-state index in [1.54, 1.807) is 0 Å². The highest BCUT2D eigenvalue weighted by atomic mass is 32.2. The number of aliphatic hydroxyl groups is 1. The number of nitrogens with one attached hydrogen (secondary N) is 3. The first-order valence-corrected chi connectivity index (χ1v) is 11.8. The van der Waals surface area contributed by atoms with Gasteiger partial charge in [-0.2, -0.15) is 11.8 Å². The molecule has 0 aromatic carbocycles. The van der Waals surface area contributed by atoms with Crippen LogP contribution in [0.3, 0.4) is 0 Å². The number of carbonyl (C=O) groups excluding carboxylic acids is 5. The van der Waals surface area contributed by atoms with Crippen molar-refractivity contribution in [3.05, 3.63) is 0 Å². The van der Waals surface area contributed by atoms with Crippen molar-refractivity contribution >= 4 is 47.3 Å². The van der Waals surface area contributed by atoms with Crippen LogP contribution in [0.15, 0.2) is 0 Å². The lowest BCUT2D eigenvalue weighted by atomic mass is 10.1. The molecular weight excluding hydrogens is 472 g/mol. The largest absolute Gasteiger partial charge is 0.480 e. The number of aliphatic hydroxyl groups excluding tert-OH is 1. The van der Waals surface area contributed by atoms with E-state index in [1.165, 1.54) is 18.7 Å². The lowest BCUT2D eigenvalue weighted by molar-refractivity contribution is -0.143. The average Bonchev–Trinajstić information content (AvgIpc) is 2.74. The molecule has 5 unspecified atom stereocenters. The molecule has 5 atom stereocenters. The third-order valence-electron chi connectivity index (χ3n) is 4.64. The molecule has 5 amide bonds. The number of hydrogen-bond acceptors (Lipinski definition) is 9. The van der Waals surface area contributed by atoms with Crippen LogP contribution in [0.25, 0.3) is 0 Å². The molecule has 0 aliphatic carbocycles. The fourth-order valence-corrected chi connectivity index (χ4v) is 3.16. The standard InChI is InChI=1S/C19H34N6O8S/c1-9(26)15(18(31)24-12(19(32)33)4-6-14(22)28)25-17(30)11(3-5-13(21)27)23-16(29)10(20)7-8-34-2/h9-12,15,26H,3-8,20H2,1-2H3,(H2,21,27)(H2,22,28)(H,23,29)(H,24,31)(H,25,30)(H,32,33). The van der Waals surface area contributed by atoms with Gasteiger partial charge < -0.3 is 43.4 Å². The summed E-state index contributed by atoms with van der Waals surface area (Å²) in [6, 6.07) is -5.34. The van der Waals surface area contributed by atoms with Crippen LogP contribution in [0, 0.1) is 0 Å². The Labute approximate surface area is 201 Å². The molecular formula is C19H34N6O8S. The molecule has 0 fully saturated rings. The predicted octanol–water partition coefficient (Wildman–Crippen LogP) is -3.48. The molecule has 14 nitrogen and oxygen atoms in total. The van der Waals surface area contributed by atoms with Crippen molar-refractivity contribution in [1.29, 1.82) is 0 Å². The minimum atomic E-state index is -1.61. The smallest absolute Gasteiger partial charge is 0.326 e. The topological polar surface area (TPSA) is 257 Å². The summed E-state index contributed by atoms with van der Waals surface area (Å²) in [5.41, 5.74) is 15.9. The summed E-state index contributed by atoms with van der Waals surface area (Å²) in [4.78, 5) is 71.2. The number of carbonyl (C=O) groups is 6. The van der Waals surface area contributed by atoms with E-state index in [4.69, 9.17) is 17.2 Å². The summed E-state index contributed by atoms with van der Waals surface area (Å²) < 4.78 is 0. The van der Waals surface area contributed by atoms with Gasteiger partial charge in [-0.05, 0) is 38.2 Å². The number of aliphatic carboxylic acids is 1. The van der Waals surface area contributed by atoms with E-state index in [0.29, 0.717) is 12.2 Å². The van der Waals surface area contributed by atoms with Crippen LogP contribution < -0.4 is 33.2 Å². The van der Waals surface area contributed by atoms with Crippen molar-refractivity contribution in [3.8, 4) is 0 Å². The van der Waals surface area contributed by atoms with Crippen LogP contribution in [0.5, 0.6) is 0 Å². The van der Waals surface area contributed by atoms with E-state index >= 15 is 0 Å². The summed E-state index contributed by atoms with van der Waals surface area (Å²) in [5.74, 6) is -4.98. The second-order valence-electron chi connectivity index (χ2n) is 7.59. The van der Waals surface area contributed by atoms with Crippen LogP contribution in [-0.2, 0) is 28.8 Å². The first kappa shape index (κ1) is 31.1. The van der Waals surface area contributed by atoms with Crippen molar-refractivity contribution < 1.29 is 39.0 Å². The van der Waals surface area contributed by atoms with Gasteiger partial charge in [0.05, 0.1) is 12.1 Å². The van der Waals surface area contributed by atoms with E-state index in [2.05, 4.69) is 16.0 Å². The average molecular weight is 507 g/mol. The van der Waals surface area contributed by atoms with Gasteiger partial charge in [-0.1, -0.05) is 0 Å². The molecule has 0 heterocycles. The zero-order chi connectivity index (χ0) is 26.4. The third-order valence-corrected chi connectivity index (χ3v) is 5.28. The maximum atomic E-state index is 12.8. The highest BCUT2D eigenvalue weighted by Gasteiger charge is 2.32. The molecule has 34 heavy (non-hydrogen) atoms. The number of nitrogens with two attached hydrogens (primary N) is 3. The molecule has 0 radical (unpaired) electrons. The lowest BCUT2D eigenvalue weighted by Crippen LogP contribution is -2.60. The maximum Gasteiger partial charge on any atom is 0.326 e. The van der Waals surface area contributed by atoms with Crippen LogP contribution in [0.4, 0.5) is 0 Å². The van der Waals surface area contributed by atoms with Crippen molar-refractivity contribution in [2.75, 3.05) is 12.0 Å². The first-order valence-electron chi connectivity index (χ1n) is 10.4. The lowest BCUT2D eigenvalue weighted by Gasteiger charge is -2.26. The van der Waals surface area contributed by atoms with Crippen molar-refractivity contribution in [2.24, 2.45) is 17.2 Å². The summed E-state index contributed by atoms with van der Waals surface area (Å²) >= 11 is 1.47. The quantitative estimate of drug-likeness (QED) is 0.0965. The Morgan fingerprint density at radius 3 is 1.76 bits per heavy atom. The van der Waals surface area contributed by atoms with E-state index in [-0.39, 0.29) is 25.7 Å².